The van der Waals surface area contributed by atoms with Crippen molar-refractivity contribution in [3.63, 3.8) is 0 Å². The quantitative estimate of drug-likeness (QED) is 0.0971. The molecule has 0 radical (unpaired) electrons. The summed E-state index contributed by atoms with van der Waals surface area (Å²) in [6, 6.07) is 0. The number of rotatable bonds is 17. The minimum atomic E-state index is -2.20. The van der Waals surface area contributed by atoms with Crippen LogP contribution in [0.25, 0.3) is 11.1 Å². The molecular formula is C34H44F8O. The predicted molar refractivity (Wildman–Crippen MR) is 153 cm³/mol. The van der Waals surface area contributed by atoms with Gasteiger partial charge in [-0.1, -0.05) is 104 Å². The van der Waals surface area contributed by atoms with Gasteiger partial charge in [-0.15, -0.1) is 0 Å². The normalized spacial score (nSPS) is 17.1. The van der Waals surface area contributed by atoms with Gasteiger partial charge < -0.3 is 4.74 Å². The van der Waals surface area contributed by atoms with Crippen molar-refractivity contribution in [2.45, 2.75) is 123 Å². The van der Waals surface area contributed by atoms with Crippen molar-refractivity contribution < 1.29 is 39.9 Å². The minimum absolute atomic E-state index is 0.124. The summed E-state index contributed by atoms with van der Waals surface area (Å²) < 4.78 is 125. The molecule has 0 bridgehead atoms. The summed E-state index contributed by atoms with van der Waals surface area (Å²) in [5.41, 5.74) is -4.59. The molecule has 1 aliphatic rings. The Kier molecular flexibility index (Phi) is 14.1. The Hall–Kier alpha value is -2.32. The summed E-state index contributed by atoms with van der Waals surface area (Å²) in [6.45, 7) is 3.97. The Morgan fingerprint density at radius 3 is 1.42 bits per heavy atom. The number of hydrogen-bond donors (Lipinski definition) is 0. The first-order valence-electron chi connectivity index (χ1n) is 16.0. The molecule has 0 unspecified atom stereocenters. The van der Waals surface area contributed by atoms with Crippen LogP contribution in [0.15, 0.2) is 0 Å². The zero-order chi connectivity index (χ0) is 31.5. The highest BCUT2D eigenvalue weighted by molar-refractivity contribution is 5.69. The fourth-order valence-corrected chi connectivity index (χ4v) is 6.15. The largest absolute Gasteiger partial charge is 0.487 e. The maximum atomic E-state index is 15.1. The minimum Gasteiger partial charge on any atom is -0.487 e. The van der Waals surface area contributed by atoms with Crippen molar-refractivity contribution >= 4 is 0 Å². The van der Waals surface area contributed by atoms with Crippen molar-refractivity contribution in [2.24, 2.45) is 11.8 Å². The summed E-state index contributed by atoms with van der Waals surface area (Å²) in [6.07, 6.45) is 14.3. The topological polar surface area (TPSA) is 9.23 Å². The van der Waals surface area contributed by atoms with Crippen molar-refractivity contribution in [1.29, 1.82) is 0 Å². The third kappa shape index (κ3) is 8.87. The second-order valence-corrected chi connectivity index (χ2v) is 12.0. The third-order valence-corrected chi connectivity index (χ3v) is 8.81. The zero-order valence-corrected chi connectivity index (χ0v) is 25.3. The van der Waals surface area contributed by atoms with Crippen molar-refractivity contribution in [1.82, 2.24) is 0 Å². The summed E-state index contributed by atoms with van der Waals surface area (Å²) >= 11 is 0. The van der Waals surface area contributed by atoms with E-state index in [1.165, 1.54) is 6.42 Å². The third-order valence-electron chi connectivity index (χ3n) is 8.81. The molecule has 0 N–H and O–H groups in total. The van der Waals surface area contributed by atoms with E-state index in [4.69, 9.17) is 4.74 Å². The van der Waals surface area contributed by atoms with E-state index in [2.05, 4.69) is 13.8 Å². The smallest absolute Gasteiger partial charge is 0.204 e. The van der Waals surface area contributed by atoms with Gasteiger partial charge in [-0.2, -0.15) is 8.78 Å². The number of benzene rings is 2. The predicted octanol–water partition coefficient (Wildman–Crippen LogP) is 11.9. The van der Waals surface area contributed by atoms with Crippen LogP contribution in [0, 0.1) is 58.4 Å². The van der Waals surface area contributed by atoms with Crippen LogP contribution in [-0.4, -0.2) is 6.61 Å². The first-order chi connectivity index (χ1) is 20.6. The molecule has 0 saturated heterocycles. The van der Waals surface area contributed by atoms with Crippen molar-refractivity contribution in [3.8, 4) is 16.9 Å². The van der Waals surface area contributed by atoms with E-state index in [9.17, 15) is 17.6 Å². The van der Waals surface area contributed by atoms with E-state index < -0.39 is 69.0 Å². The van der Waals surface area contributed by atoms with Gasteiger partial charge in [-0.05, 0) is 31.1 Å². The van der Waals surface area contributed by atoms with Gasteiger partial charge in [0.25, 0.3) is 0 Å². The molecule has 0 amide bonds. The average molecular weight is 621 g/mol. The van der Waals surface area contributed by atoms with Crippen LogP contribution in [-0.2, 0) is 6.42 Å². The first-order valence-corrected chi connectivity index (χ1v) is 16.0. The lowest BCUT2D eigenvalue weighted by Gasteiger charge is -2.28. The molecule has 0 heterocycles. The van der Waals surface area contributed by atoms with Gasteiger partial charge >= 0.3 is 0 Å². The Balaban J connectivity index is 1.73. The molecule has 0 aromatic heterocycles. The van der Waals surface area contributed by atoms with Crippen LogP contribution in [0.1, 0.15) is 122 Å². The van der Waals surface area contributed by atoms with Gasteiger partial charge in [0.05, 0.1) is 17.7 Å². The molecule has 1 nitrogen and oxygen atoms in total. The lowest BCUT2D eigenvalue weighted by Crippen LogP contribution is -2.16. The van der Waals surface area contributed by atoms with E-state index in [0.717, 1.165) is 77.0 Å². The van der Waals surface area contributed by atoms with Crippen molar-refractivity contribution in [2.75, 3.05) is 6.61 Å². The monoisotopic (exact) mass is 620 g/mol. The number of unbranched alkanes of at least 4 members (excludes halogenated alkanes) is 8. The van der Waals surface area contributed by atoms with E-state index in [-0.39, 0.29) is 25.4 Å². The Morgan fingerprint density at radius 2 is 0.907 bits per heavy atom. The molecule has 3 rings (SSSR count). The molecule has 1 aliphatic carbocycles. The van der Waals surface area contributed by atoms with Gasteiger partial charge in [0.2, 0.25) is 11.6 Å². The van der Waals surface area contributed by atoms with Crippen LogP contribution in [0.5, 0.6) is 5.75 Å². The Morgan fingerprint density at radius 1 is 0.488 bits per heavy atom. The van der Waals surface area contributed by atoms with E-state index in [1.54, 1.807) is 0 Å². The first kappa shape index (κ1) is 35.2. The van der Waals surface area contributed by atoms with Crippen LogP contribution in [0.4, 0.5) is 35.1 Å². The molecule has 43 heavy (non-hydrogen) atoms. The molecule has 1 saturated carbocycles. The van der Waals surface area contributed by atoms with E-state index >= 15 is 17.6 Å². The maximum absolute atomic E-state index is 15.1. The van der Waals surface area contributed by atoms with E-state index in [0.29, 0.717) is 18.8 Å². The fourth-order valence-electron chi connectivity index (χ4n) is 6.15. The highest BCUT2D eigenvalue weighted by Gasteiger charge is 2.35. The lowest BCUT2D eigenvalue weighted by molar-refractivity contribution is 0.248. The molecule has 0 atom stereocenters. The Bertz CT molecular complexity index is 1130. The fraction of sp³-hybridized carbons (Fsp3) is 0.647. The lowest BCUT2D eigenvalue weighted by atomic mass is 9.77. The van der Waals surface area contributed by atoms with Gasteiger partial charge in [-0.25, -0.2) is 26.3 Å². The highest BCUT2D eigenvalue weighted by Crippen LogP contribution is 2.41. The summed E-state index contributed by atoms with van der Waals surface area (Å²) in [7, 11) is 0. The van der Waals surface area contributed by atoms with Gasteiger partial charge in [-0.3, -0.25) is 0 Å². The number of ether oxygens (including phenoxy) is 1. The molecule has 242 valence electrons. The van der Waals surface area contributed by atoms with Crippen LogP contribution in [0.2, 0.25) is 0 Å². The molecule has 2 aromatic rings. The number of hydrogen-bond acceptors (Lipinski definition) is 1. The van der Waals surface area contributed by atoms with Gasteiger partial charge in [0.1, 0.15) is 0 Å². The second-order valence-electron chi connectivity index (χ2n) is 12.0. The standard InChI is InChI=1S/C34H44F8O/c1-3-5-7-8-9-10-12-20-43-34-32(41)30(39)25(31(40)33(34)42)24-28(37)26(35)23(27(36)29(24)38)19-18-22-16-14-21(15-17-22)13-11-6-4-2/h21-22H,3-20H2,1-2H3. The van der Waals surface area contributed by atoms with Crippen molar-refractivity contribution in [3.05, 3.63) is 52.1 Å². The molecule has 0 spiro atoms. The van der Waals surface area contributed by atoms with Crippen LogP contribution >= 0.6 is 0 Å². The molecular weight excluding hydrogens is 576 g/mol. The maximum Gasteiger partial charge on any atom is 0.204 e. The molecule has 2 aromatic carbocycles. The van der Waals surface area contributed by atoms with E-state index in [1.807, 2.05) is 0 Å². The van der Waals surface area contributed by atoms with Gasteiger partial charge in [0, 0.05) is 5.56 Å². The number of halogens is 8. The summed E-state index contributed by atoms with van der Waals surface area (Å²) in [4.78, 5) is 0. The van der Waals surface area contributed by atoms with Gasteiger partial charge in [0.15, 0.2) is 40.7 Å². The zero-order valence-electron chi connectivity index (χ0n) is 25.3. The second kappa shape index (κ2) is 17.2. The molecule has 0 aliphatic heterocycles. The SMILES string of the molecule is CCCCCCCCCOc1c(F)c(F)c(-c2c(F)c(F)c(CCC3CCC(CCCCC)CC3)c(F)c2F)c(F)c1F. The molecule has 1 fully saturated rings. The van der Waals surface area contributed by atoms with Crippen LogP contribution < -0.4 is 4.74 Å². The Labute approximate surface area is 250 Å². The summed E-state index contributed by atoms with van der Waals surface area (Å²) in [5, 5.41) is 0. The average Bonchev–Trinajstić information content (AvgIpc) is 3.00. The summed E-state index contributed by atoms with van der Waals surface area (Å²) in [5.74, 6) is -17.0. The molecule has 9 heteroatoms. The highest BCUT2D eigenvalue weighted by atomic mass is 19.2. The van der Waals surface area contributed by atoms with Crippen LogP contribution in [0.3, 0.4) is 0 Å².